The van der Waals surface area contributed by atoms with E-state index in [9.17, 15) is 9.59 Å². The molecule has 1 aliphatic heterocycles. The molecule has 1 aliphatic carbocycles. The van der Waals surface area contributed by atoms with E-state index in [2.05, 4.69) is 5.32 Å². The summed E-state index contributed by atoms with van der Waals surface area (Å²) in [5.41, 5.74) is 1.00. The van der Waals surface area contributed by atoms with Gasteiger partial charge in [0.15, 0.2) is 16.9 Å². The number of carbonyl (C=O) groups excluding carboxylic acids is 1. The van der Waals surface area contributed by atoms with Gasteiger partial charge in [0.05, 0.1) is 6.10 Å². The summed E-state index contributed by atoms with van der Waals surface area (Å²) in [5, 5.41) is 3.06. The number of nitrogens with one attached hydrogen (secondary N) is 1. The highest BCUT2D eigenvalue weighted by Gasteiger charge is 2.25. The molecule has 0 radical (unpaired) electrons. The second-order valence-electron chi connectivity index (χ2n) is 7.36. The van der Waals surface area contributed by atoms with Gasteiger partial charge in [-0.25, -0.2) is 0 Å². The Morgan fingerprint density at radius 3 is 2.64 bits per heavy atom. The number of aryl methyl sites for hydroxylation is 1. The average Bonchev–Trinajstić information content (AvgIpc) is 3.14. The minimum atomic E-state index is -0.205. The molecule has 0 bridgehead atoms. The molecular weight excluding hydrogens is 360 g/mol. The average molecular weight is 384 g/mol. The third-order valence-electron chi connectivity index (χ3n) is 5.41. The molecule has 28 heavy (non-hydrogen) atoms. The van der Waals surface area contributed by atoms with Crippen LogP contribution in [0.1, 0.15) is 41.9 Å². The van der Waals surface area contributed by atoms with Gasteiger partial charge < -0.3 is 24.1 Å². The Hall–Kier alpha value is -2.96. The SMILES string of the molecule is Cc1cc(=O)cc(C(=O)NC2CCC(Oc3ccc4c(c3)OCO4)CC2)n1C. The van der Waals surface area contributed by atoms with Crippen LogP contribution in [0.2, 0.25) is 0 Å². The van der Waals surface area contributed by atoms with E-state index in [1.807, 2.05) is 25.1 Å². The molecule has 1 aromatic carbocycles. The lowest BCUT2D eigenvalue weighted by Gasteiger charge is -2.29. The maximum absolute atomic E-state index is 12.6. The van der Waals surface area contributed by atoms with Crippen molar-refractivity contribution in [2.75, 3.05) is 6.79 Å². The van der Waals surface area contributed by atoms with Crippen molar-refractivity contribution >= 4 is 5.91 Å². The first-order chi connectivity index (χ1) is 13.5. The van der Waals surface area contributed by atoms with Gasteiger partial charge in [-0.2, -0.15) is 0 Å². The van der Waals surface area contributed by atoms with E-state index in [4.69, 9.17) is 14.2 Å². The summed E-state index contributed by atoms with van der Waals surface area (Å²) in [4.78, 5) is 24.3. The van der Waals surface area contributed by atoms with Gasteiger partial charge in [0.2, 0.25) is 6.79 Å². The minimum absolute atomic E-state index is 0.0831. The van der Waals surface area contributed by atoms with Gasteiger partial charge in [0.1, 0.15) is 11.4 Å². The number of hydrogen-bond donors (Lipinski definition) is 1. The minimum Gasteiger partial charge on any atom is -0.490 e. The summed E-state index contributed by atoms with van der Waals surface area (Å²) in [7, 11) is 1.79. The molecule has 1 saturated carbocycles. The number of hydrogen-bond acceptors (Lipinski definition) is 5. The molecule has 4 rings (SSSR count). The van der Waals surface area contributed by atoms with Crippen molar-refractivity contribution in [2.24, 2.45) is 7.05 Å². The molecule has 0 atom stereocenters. The fourth-order valence-corrected chi connectivity index (χ4v) is 3.71. The molecule has 1 fully saturated rings. The maximum Gasteiger partial charge on any atom is 0.268 e. The third kappa shape index (κ3) is 3.83. The summed E-state index contributed by atoms with van der Waals surface area (Å²) in [6.45, 7) is 2.06. The number of fused-ring (bicyclic) bond motifs is 1. The standard InChI is InChI=1S/C21H24N2O5/c1-13-9-15(24)10-18(23(13)2)21(25)22-14-3-5-16(6-4-14)28-17-7-8-19-20(11-17)27-12-26-19/h7-11,14,16H,3-6,12H2,1-2H3,(H,22,25). The first-order valence-corrected chi connectivity index (χ1v) is 9.54. The molecule has 148 valence electrons. The normalized spacial score (nSPS) is 20.6. The van der Waals surface area contributed by atoms with Crippen LogP contribution in [0.25, 0.3) is 0 Å². The molecule has 0 spiro atoms. The quantitative estimate of drug-likeness (QED) is 0.876. The van der Waals surface area contributed by atoms with Crippen LogP contribution in [0.3, 0.4) is 0 Å². The number of nitrogens with zero attached hydrogens (tertiary/aromatic N) is 1. The number of rotatable bonds is 4. The van der Waals surface area contributed by atoms with Crippen molar-refractivity contribution in [2.45, 2.75) is 44.8 Å². The van der Waals surface area contributed by atoms with E-state index < -0.39 is 0 Å². The topological polar surface area (TPSA) is 78.8 Å². The second-order valence-corrected chi connectivity index (χ2v) is 7.36. The number of carbonyl (C=O) groups is 1. The highest BCUT2D eigenvalue weighted by atomic mass is 16.7. The summed E-state index contributed by atoms with van der Waals surface area (Å²) in [6.07, 6.45) is 3.48. The fourth-order valence-electron chi connectivity index (χ4n) is 3.71. The number of aromatic nitrogens is 1. The maximum atomic E-state index is 12.6. The van der Waals surface area contributed by atoms with Crippen LogP contribution in [0.4, 0.5) is 0 Å². The van der Waals surface area contributed by atoms with E-state index in [0.717, 1.165) is 42.9 Å². The summed E-state index contributed by atoms with van der Waals surface area (Å²) in [6, 6.07) is 8.59. The Morgan fingerprint density at radius 2 is 1.86 bits per heavy atom. The Labute approximate surface area is 163 Å². The molecule has 1 aromatic heterocycles. The summed E-state index contributed by atoms with van der Waals surface area (Å²) >= 11 is 0. The van der Waals surface area contributed by atoms with Crippen molar-refractivity contribution in [3.63, 3.8) is 0 Å². The molecule has 1 N–H and O–H groups in total. The van der Waals surface area contributed by atoms with Crippen LogP contribution < -0.4 is 25.0 Å². The lowest BCUT2D eigenvalue weighted by molar-refractivity contribution is 0.0884. The Balaban J connectivity index is 1.32. The van der Waals surface area contributed by atoms with Crippen LogP contribution in [0, 0.1) is 6.92 Å². The van der Waals surface area contributed by atoms with E-state index in [1.54, 1.807) is 11.6 Å². The van der Waals surface area contributed by atoms with Gasteiger partial charge in [-0.15, -0.1) is 0 Å². The van der Waals surface area contributed by atoms with Crippen LogP contribution in [-0.2, 0) is 7.05 Å². The molecule has 2 aliphatic rings. The number of amides is 1. The number of pyridine rings is 1. The monoisotopic (exact) mass is 384 g/mol. The highest BCUT2D eigenvalue weighted by molar-refractivity contribution is 5.92. The van der Waals surface area contributed by atoms with Crippen LogP contribution in [0.5, 0.6) is 17.2 Å². The fraction of sp³-hybridized carbons (Fsp3) is 0.429. The van der Waals surface area contributed by atoms with Gasteiger partial charge >= 0.3 is 0 Å². The van der Waals surface area contributed by atoms with Gasteiger partial charge in [0.25, 0.3) is 5.91 Å². The van der Waals surface area contributed by atoms with Crippen molar-refractivity contribution < 1.29 is 19.0 Å². The predicted molar refractivity (Wildman–Crippen MR) is 103 cm³/mol. The Kier molecular flexibility index (Phi) is 4.98. The van der Waals surface area contributed by atoms with Crippen LogP contribution in [0.15, 0.2) is 35.1 Å². The summed E-state index contributed by atoms with van der Waals surface area (Å²) < 4.78 is 18.5. The molecular formula is C21H24N2O5. The van der Waals surface area contributed by atoms with Crippen molar-refractivity contribution in [3.8, 4) is 17.2 Å². The van der Waals surface area contributed by atoms with E-state index in [0.29, 0.717) is 11.4 Å². The van der Waals surface area contributed by atoms with Gasteiger partial charge in [-0.3, -0.25) is 9.59 Å². The Morgan fingerprint density at radius 1 is 1.11 bits per heavy atom. The molecule has 7 nitrogen and oxygen atoms in total. The molecule has 0 unspecified atom stereocenters. The molecule has 7 heteroatoms. The number of ether oxygens (including phenoxy) is 3. The van der Waals surface area contributed by atoms with E-state index >= 15 is 0 Å². The van der Waals surface area contributed by atoms with Crippen LogP contribution in [-0.4, -0.2) is 29.4 Å². The molecule has 1 amide bonds. The van der Waals surface area contributed by atoms with Gasteiger partial charge in [0, 0.05) is 37.0 Å². The zero-order valence-corrected chi connectivity index (χ0v) is 16.1. The molecule has 2 aromatic rings. The number of benzene rings is 1. The van der Waals surface area contributed by atoms with Crippen molar-refractivity contribution in [1.82, 2.24) is 9.88 Å². The highest BCUT2D eigenvalue weighted by Crippen LogP contribution is 2.36. The zero-order chi connectivity index (χ0) is 19.7. The molecule has 0 saturated heterocycles. The first-order valence-electron chi connectivity index (χ1n) is 9.54. The van der Waals surface area contributed by atoms with E-state index in [1.165, 1.54) is 12.1 Å². The van der Waals surface area contributed by atoms with E-state index in [-0.39, 0.29) is 30.3 Å². The summed E-state index contributed by atoms with van der Waals surface area (Å²) in [5.74, 6) is 2.02. The largest absolute Gasteiger partial charge is 0.490 e. The zero-order valence-electron chi connectivity index (χ0n) is 16.1. The predicted octanol–water partition coefficient (Wildman–Crippen LogP) is 2.54. The smallest absolute Gasteiger partial charge is 0.268 e. The lowest BCUT2D eigenvalue weighted by atomic mass is 9.92. The van der Waals surface area contributed by atoms with Crippen LogP contribution >= 0.6 is 0 Å². The van der Waals surface area contributed by atoms with Crippen molar-refractivity contribution in [3.05, 3.63) is 51.9 Å². The molecule has 2 heterocycles. The van der Waals surface area contributed by atoms with Gasteiger partial charge in [-0.05, 0) is 44.7 Å². The second kappa shape index (κ2) is 7.58. The lowest BCUT2D eigenvalue weighted by Crippen LogP contribution is -2.41. The third-order valence-corrected chi connectivity index (χ3v) is 5.41. The van der Waals surface area contributed by atoms with Crippen molar-refractivity contribution in [1.29, 1.82) is 0 Å². The van der Waals surface area contributed by atoms with Gasteiger partial charge in [-0.1, -0.05) is 0 Å². The Bertz CT molecular complexity index is 944. The first kappa shape index (κ1) is 18.4.